The smallest absolute Gasteiger partial charge is 0.231 e. The molecule has 2 aliphatic carbocycles. The number of amides is 1. The van der Waals surface area contributed by atoms with Gasteiger partial charge in [-0.3, -0.25) is 14.5 Å². The van der Waals surface area contributed by atoms with Gasteiger partial charge in [0.15, 0.2) is 5.78 Å². The number of para-hydroxylation sites is 2. The molecule has 1 saturated carbocycles. The predicted octanol–water partition coefficient (Wildman–Crippen LogP) is 5.38. The minimum Gasteiger partial charge on any atom is -0.357 e. The molecule has 0 bridgehead atoms. The summed E-state index contributed by atoms with van der Waals surface area (Å²) in [6, 6.07) is 13.3. The van der Waals surface area contributed by atoms with Gasteiger partial charge < -0.3 is 5.32 Å². The number of rotatable bonds is 2. The molecule has 2 aromatic carbocycles. The van der Waals surface area contributed by atoms with E-state index in [1.165, 1.54) is 12.1 Å². The summed E-state index contributed by atoms with van der Waals surface area (Å²) in [5.41, 5.74) is 3.68. The summed E-state index contributed by atoms with van der Waals surface area (Å²) in [5.74, 6) is -0.274. The number of Topliss-reactive ketones (excluding diaryl/α,β-unsaturated/α-hetero) is 1. The number of nitrogens with zero attached hydrogens (tertiary/aromatic N) is 1. The lowest BCUT2D eigenvalue weighted by molar-refractivity contribution is -0.120. The fourth-order valence-corrected chi connectivity index (χ4v) is 4.72. The number of hydrogen-bond acceptors (Lipinski definition) is 3. The van der Waals surface area contributed by atoms with E-state index < -0.39 is 6.04 Å². The SMILES string of the molecule is CC1(C)CC(=O)C2=C(C1)Nc1ccccc1N(C(=O)C1CC1)[C@@H]2c1ccc(F)cc1. The van der Waals surface area contributed by atoms with Crippen LogP contribution in [0.2, 0.25) is 0 Å². The van der Waals surface area contributed by atoms with E-state index in [4.69, 9.17) is 0 Å². The van der Waals surface area contributed by atoms with Crippen molar-refractivity contribution in [3.8, 4) is 0 Å². The summed E-state index contributed by atoms with van der Waals surface area (Å²) in [6.07, 6.45) is 2.88. The van der Waals surface area contributed by atoms with Crippen LogP contribution < -0.4 is 10.2 Å². The molecule has 1 atom stereocenters. The van der Waals surface area contributed by atoms with Crippen LogP contribution in [0.4, 0.5) is 15.8 Å². The second kappa shape index (κ2) is 6.79. The van der Waals surface area contributed by atoms with Crippen LogP contribution in [0.25, 0.3) is 0 Å². The molecule has 3 aliphatic rings. The van der Waals surface area contributed by atoms with Gasteiger partial charge in [0.05, 0.1) is 17.4 Å². The number of carbonyl (C=O) groups is 2. The van der Waals surface area contributed by atoms with Crippen LogP contribution in [-0.4, -0.2) is 11.7 Å². The highest BCUT2D eigenvalue weighted by molar-refractivity contribution is 6.07. The normalized spacial score (nSPS) is 22.7. The largest absolute Gasteiger partial charge is 0.357 e. The number of allylic oxidation sites excluding steroid dienone is 1. The van der Waals surface area contributed by atoms with E-state index in [9.17, 15) is 14.0 Å². The lowest BCUT2D eigenvalue weighted by atomic mass is 9.73. The van der Waals surface area contributed by atoms with Crippen LogP contribution in [0.1, 0.15) is 51.1 Å². The maximum atomic E-state index is 13.7. The average molecular weight is 404 g/mol. The molecule has 1 amide bonds. The molecule has 0 spiro atoms. The second-order valence-corrected chi connectivity index (χ2v) is 9.41. The zero-order valence-corrected chi connectivity index (χ0v) is 17.2. The third-order valence-electron chi connectivity index (χ3n) is 6.25. The first-order chi connectivity index (χ1) is 14.3. The molecule has 0 unspecified atom stereocenters. The number of nitrogens with one attached hydrogen (secondary N) is 1. The fourth-order valence-electron chi connectivity index (χ4n) is 4.72. The maximum Gasteiger partial charge on any atom is 0.231 e. The molecule has 1 fully saturated rings. The van der Waals surface area contributed by atoms with Crippen LogP contribution in [0.3, 0.4) is 0 Å². The first kappa shape index (κ1) is 19.0. The Labute approximate surface area is 175 Å². The topological polar surface area (TPSA) is 49.4 Å². The average Bonchev–Trinajstić information content (AvgIpc) is 3.53. The zero-order valence-electron chi connectivity index (χ0n) is 17.2. The number of ketones is 1. The van der Waals surface area contributed by atoms with Crippen molar-refractivity contribution in [2.75, 3.05) is 10.2 Å². The summed E-state index contributed by atoms with van der Waals surface area (Å²) in [4.78, 5) is 28.8. The number of anilines is 2. The summed E-state index contributed by atoms with van der Waals surface area (Å²) in [6.45, 7) is 4.18. The Balaban J connectivity index is 1.77. The first-order valence-corrected chi connectivity index (χ1v) is 10.5. The standard InChI is InChI=1S/C25H25FN2O2/c1-25(2)13-19-22(21(29)14-25)23(15-9-11-17(26)12-10-15)28(24(30)16-7-8-16)20-6-4-3-5-18(20)27-19/h3-6,9-12,16,23,27H,7-8,13-14H2,1-2H3/t23-/m1/s1. The van der Waals surface area contributed by atoms with Crippen molar-refractivity contribution in [3.05, 3.63) is 71.2 Å². The number of benzene rings is 2. The Hall–Kier alpha value is -2.95. The Morgan fingerprint density at radius 2 is 1.77 bits per heavy atom. The van der Waals surface area contributed by atoms with Crippen LogP contribution in [0, 0.1) is 17.2 Å². The summed E-state index contributed by atoms with van der Waals surface area (Å²) in [5, 5.41) is 3.49. The molecule has 154 valence electrons. The van der Waals surface area contributed by atoms with Crippen LogP contribution in [-0.2, 0) is 9.59 Å². The van der Waals surface area contributed by atoms with Crippen LogP contribution in [0.15, 0.2) is 59.8 Å². The van der Waals surface area contributed by atoms with Crippen molar-refractivity contribution in [3.63, 3.8) is 0 Å². The van der Waals surface area contributed by atoms with Gasteiger partial charge in [-0.1, -0.05) is 38.1 Å². The van der Waals surface area contributed by atoms with E-state index in [2.05, 4.69) is 19.2 Å². The minimum absolute atomic E-state index is 0.0155. The third kappa shape index (κ3) is 3.22. The van der Waals surface area contributed by atoms with Crippen LogP contribution >= 0.6 is 0 Å². The molecule has 0 aromatic heterocycles. The molecule has 1 heterocycles. The summed E-state index contributed by atoms with van der Waals surface area (Å²) >= 11 is 0. The summed E-state index contributed by atoms with van der Waals surface area (Å²) < 4.78 is 13.7. The fraction of sp³-hybridized carbons (Fsp3) is 0.360. The third-order valence-corrected chi connectivity index (χ3v) is 6.25. The van der Waals surface area contributed by atoms with Gasteiger partial charge in [-0.05, 0) is 54.5 Å². The lowest BCUT2D eigenvalue weighted by Crippen LogP contribution is -2.40. The number of hydrogen-bond donors (Lipinski definition) is 1. The molecular weight excluding hydrogens is 379 g/mol. The van der Waals surface area contributed by atoms with Gasteiger partial charge >= 0.3 is 0 Å². The van der Waals surface area contributed by atoms with Crippen molar-refractivity contribution in [2.24, 2.45) is 11.3 Å². The van der Waals surface area contributed by atoms with Crippen molar-refractivity contribution in [2.45, 2.75) is 45.6 Å². The molecule has 4 nitrogen and oxygen atoms in total. The van der Waals surface area contributed by atoms with Crippen molar-refractivity contribution in [1.82, 2.24) is 0 Å². The van der Waals surface area contributed by atoms with Gasteiger partial charge in [-0.2, -0.15) is 0 Å². The Morgan fingerprint density at radius 3 is 2.47 bits per heavy atom. The van der Waals surface area contributed by atoms with E-state index >= 15 is 0 Å². The molecule has 1 aliphatic heterocycles. The maximum absolute atomic E-state index is 13.7. The zero-order chi connectivity index (χ0) is 21.0. The van der Waals surface area contributed by atoms with Gasteiger partial charge in [0, 0.05) is 23.6 Å². The molecule has 30 heavy (non-hydrogen) atoms. The van der Waals surface area contributed by atoms with Crippen molar-refractivity contribution >= 4 is 23.1 Å². The molecule has 1 N–H and O–H groups in total. The van der Waals surface area contributed by atoms with E-state index in [0.29, 0.717) is 18.4 Å². The Kier molecular flexibility index (Phi) is 4.31. The van der Waals surface area contributed by atoms with Gasteiger partial charge in [-0.25, -0.2) is 4.39 Å². The number of halogens is 1. The van der Waals surface area contributed by atoms with Gasteiger partial charge in [0.1, 0.15) is 5.82 Å². The highest BCUT2D eigenvalue weighted by Crippen LogP contribution is 2.49. The minimum atomic E-state index is -0.562. The number of carbonyl (C=O) groups excluding carboxylic acids is 2. The Bertz CT molecular complexity index is 1070. The van der Waals surface area contributed by atoms with Crippen molar-refractivity contribution < 1.29 is 14.0 Å². The summed E-state index contributed by atoms with van der Waals surface area (Å²) in [7, 11) is 0. The molecule has 2 aromatic rings. The lowest BCUT2D eigenvalue weighted by Gasteiger charge is -2.37. The first-order valence-electron chi connectivity index (χ1n) is 10.5. The van der Waals surface area contributed by atoms with Gasteiger partial charge in [0.25, 0.3) is 0 Å². The van der Waals surface area contributed by atoms with E-state index in [1.54, 1.807) is 17.0 Å². The van der Waals surface area contributed by atoms with Crippen LogP contribution in [0.5, 0.6) is 0 Å². The molecular formula is C25H25FN2O2. The number of fused-ring (bicyclic) bond motifs is 1. The second-order valence-electron chi connectivity index (χ2n) is 9.41. The molecule has 0 radical (unpaired) electrons. The molecule has 0 saturated heterocycles. The monoisotopic (exact) mass is 404 g/mol. The highest BCUT2D eigenvalue weighted by atomic mass is 19.1. The van der Waals surface area contributed by atoms with Crippen molar-refractivity contribution in [1.29, 1.82) is 0 Å². The van der Waals surface area contributed by atoms with E-state index in [1.807, 2.05) is 24.3 Å². The van der Waals surface area contributed by atoms with E-state index in [-0.39, 0.29) is 28.8 Å². The Morgan fingerprint density at radius 1 is 1.07 bits per heavy atom. The predicted molar refractivity (Wildman–Crippen MR) is 114 cm³/mol. The van der Waals surface area contributed by atoms with E-state index in [0.717, 1.165) is 35.5 Å². The molecule has 5 heteroatoms. The van der Waals surface area contributed by atoms with Gasteiger partial charge in [0.2, 0.25) is 5.91 Å². The highest BCUT2D eigenvalue weighted by Gasteiger charge is 2.45. The van der Waals surface area contributed by atoms with Gasteiger partial charge in [-0.15, -0.1) is 0 Å². The molecule has 5 rings (SSSR count). The quantitative estimate of drug-likeness (QED) is 0.731.